The predicted octanol–water partition coefficient (Wildman–Crippen LogP) is 1.81. The molecule has 0 radical (unpaired) electrons. The molecule has 1 N–H and O–H groups in total. The first-order valence-electron chi connectivity index (χ1n) is 5.54. The van der Waals surface area contributed by atoms with Crippen molar-refractivity contribution in [2.75, 3.05) is 13.4 Å². The van der Waals surface area contributed by atoms with Gasteiger partial charge in [-0.05, 0) is 32.4 Å². The Kier molecular flexibility index (Phi) is 5.47. The highest BCUT2D eigenvalue weighted by Gasteiger charge is 2.24. The molecular weight excluding hydrogens is 210 g/mol. The Morgan fingerprint density at radius 2 is 2.27 bits per heavy atom. The van der Waals surface area contributed by atoms with Crippen LogP contribution in [0, 0.1) is 0 Å². The summed E-state index contributed by atoms with van der Waals surface area (Å²) in [4.78, 5) is 11.2. The minimum atomic E-state index is -0.180. The zero-order valence-electron chi connectivity index (χ0n) is 9.79. The SMILES string of the molecule is COC(=O)C(C)NC1CCCC(SC)C1. The number of ether oxygens (including phenoxy) is 1. The van der Waals surface area contributed by atoms with Crippen LogP contribution >= 0.6 is 11.8 Å². The number of rotatable bonds is 4. The van der Waals surface area contributed by atoms with Crippen molar-refractivity contribution in [2.24, 2.45) is 0 Å². The third-order valence-electron chi connectivity index (χ3n) is 3.00. The summed E-state index contributed by atoms with van der Waals surface area (Å²) in [6.07, 6.45) is 7.08. The molecule has 0 aromatic heterocycles. The van der Waals surface area contributed by atoms with E-state index in [0.717, 1.165) is 5.25 Å². The van der Waals surface area contributed by atoms with Crippen LogP contribution in [0.1, 0.15) is 32.6 Å². The van der Waals surface area contributed by atoms with E-state index >= 15 is 0 Å². The third-order valence-corrected chi connectivity index (χ3v) is 4.09. The second-order valence-electron chi connectivity index (χ2n) is 4.13. The molecule has 0 spiro atoms. The van der Waals surface area contributed by atoms with Crippen molar-refractivity contribution >= 4 is 17.7 Å². The van der Waals surface area contributed by atoms with Crippen LogP contribution < -0.4 is 5.32 Å². The van der Waals surface area contributed by atoms with Gasteiger partial charge in [0.05, 0.1) is 7.11 Å². The Balaban J connectivity index is 2.34. The fraction of sp³-hybridized carbons (Fsp3) is 0.909. The molecule has 1 rings (SSSR count). The summed E-state index contributed by atoms with van der Waals surface area (Å²) in [5.74, 6) is -0.165. The number of carbonyl (C=O) groups is 1. The minimum absolute atomic E-state index is 0.165. The highest BCUT2D eigenvalue weighted by atomic mass is 32.2. The van der Waals surface area contributed by atoms with Crippen molar-refractivity contribution in [1.29, 1.82) is 0 Å². The van der Waals surface area contributed by atoms with Gasteiger partial charge in [-0.3, -0.25) is 4.79 Å². The summed E-state index contributed by atoms with van der Waals surface area (Å²) in [5.41, 5.74) is 0. The smallest absolute Gasteiger partial charge is 0.322 e. The van der Waals surface area contributed by atoms with Crippen LogP contribution in [0.3, 0.4) is 0 Å². The van der Waals surface area contributed by atoms with Crippen molar-refractivity contribution < 1.29 is 9.53 Å². The molecule has 3 atom stereocenters. The van der Waals surface area contributed by atoms with Gasteiger partial charge in [0.25, 0.3) is 0 Å². The molecule has 0 saturated heterocycles. The number of hydrogen-bond donors (Lipinski definition) is 1. The summed E-state index contributed by atoms with van der Waals surface area (Å²) in [6.45, 7) is 1.87. The summed E-state index contributed by atoms with van der Waals surface area (Å²) in [5, 5.41) is 4.10. The van der Waals surface area contributed by atoms with Crippen molar-refractivity contribution in [1.82, 2.24) is 5.32 Å². The van der Waals surface area contributed by atoms with Crippen LogP contribution in [0.5, 0.6) is 0 Å². The average molecular weight is 231 g/mol. The van der Waals surface area contributed by atoms with Crippen molar-refractivity contribution in [3.8, 4) is 0 Å². The van der Waals surface area contributed by atoms with Crippen LogP contribution in [0.2, 0.25) is 0 Å². The first kappa shape index (κ1) is 12.8. The van der Waals surface area contributed by atoms with Crippen LogP contribution in [0.4, 0.5) is 0 Å². The molecule has 1 saturated carbocycles. The van der Waals surface area contributed by atoms with E-state index in [9.17, 15) is 4.79 Å². The summed E-state index contributed by atoms with van der Waals surface area (Å²) < 4.78 is 4.70. The van der Waals surface area contributed by atoms with Gasteiger partial charge in [0.1, 0.15) is 6.04 Å². The monoisotopic (exact) mass is 231 g/mol. The van der Waals surface area contributed by atoms with Gasteiger partial charge >= 0.3 is 5.97 Å². The zero-order chi connectivity index (χ0) is 11.3. The van der Waals surface area contributed by atoms with Crippen LogP contribution in [-0.4, -0.2) is 36.7 Å². The Morgan fingerprint density at radius 1 is 1.53 bits per heavy atom. The second-order valence-corrected chi connectivity index (χ2v) is 5.27. The maximum Gasteiger partial charge on any atom is 0.322 e. The molecule has 3 nitrogen and oxygen atoms in total. The molecule has 0 heterocycles. The molecule has 1 aliphatic rings. The third kappa shape index (κ3) is 4.03. The Morgan fingerprint density at radius 3 is 2.87 bits per heavy atom. The molecule has 0 amide bonds. The molecule has 0 bridgehead atoms. The predicted molar refractivity (Wildman–Crippen MR) is 64.2 cm³/mol. The van der Waals surface area contributed by atoms with Crippen LogP contribution in [0.25, 0.3) is 0 Å². The summed E-state index contributed by atoms with van der Waals surface area (Å²) >= 11 is 1.93. The molecule has 0 aromatic carbocycles. The van der Waals surface area contributed by atoms with Gasteiger partial charge in [-0.15, -0.1) is 0 Å². The largest absolute Gasteiger partial charge is 0.468 e. The number of esters is 1. The molecule has 0 aliphatic heterocycles. The molecule has 1 aliphatic carbocycles. The number of hydrogen-bond acceptors (Lipinski definition) is 4. The van der Waals surface area contributed by atoms with Crippen molar-refractivity contribution in [3.05, 3.63) is 0 Å². The van der Waals surface area contributed by atoms with Crippen molar-refractivity contribution in [2.45, 2.75) is 49.9 Å². The maximum atomic E-state index is 11.2. The lowest BCUT2D eigenvalue weighted by Gasteiger charge is -2.30. The van der Waals surface area contributed by atoms with Crippen LogP contribution in [0.15, 0.2) is 0 Å². The quantitative estimate of drug-likeness (QED) is 0.749. The number of carbonyl (C=O) groups excluding carboxylic acids is 1. The number of nitrogens with one attached hydrogen (secondary N) is 1. The summed E-state index contributed by atoms with van der Waals surface area (Å²) in [7, 11) is 1.44. The van der Waals surface area contributed by atoms with E-state index in [4.69, 9.17) is 4.74 Å². The molecule has 4 heteroatoms. The second kappa shape index (κ2) is 6.38. The van der Waals surface area contributed by atoms with Crippen LogP contribution in [-0.2, 0) is 9.53 Å². The Labute approximate surface area is 96.3 Å². The summed E-state index contributed by atoms with van der Waals surface area (Å²) in [6, 6.07) is 0.297. The molecule has 88 valence electrons. The number of methoxy groups -OCH3 is 1. The average Bonchev–Trinajstić information content (AvgIpc) is 2.28. The van der Waals surface area contributed by atoms with Crippen molar-refractivity contribution in [3.63, 3.8) is 0 Å². The van der Waals surface area contributed by atoms with E-state index in [0.29, 0.717) is 6.04 Å². The molecule has 0 aromatic rings. The van der Waals surface area contributed by atoms with E-state index in [1.165, 1.54) is 32.8 Å². The Hall–Kier alpha value is -0.220. The fourth-order valence-corrected chi connectivity index (χ4v) is 2.94. The lowest BCUT2D eigenvalue weighted by Crippen LogP contribution is -2.44. The van der Waals surface area contributed by atoms with Gasteiger partial charge in [0.2, 0.25) is 0 Å². The van der Waals surface area contributed by atoms with E-state index in [2.05, 4.69) is 11.6 Å². The minimum Gasteiger partial charge on any atom is -0.468 e. The fourth-order valence-electron chi connectivity index (χ4n) is 2.11. The highest BCUT2D eigenvalue weighted by Crippen LogP contribution is 2.27. The standard InChI is InChI=1S/C11H21NO2S/c1-8(11(13)14-2)12-9-5-4-6-10(7-9)15-3/h8-10,12H,4-7H2,1-3H3. The van der Waals surface area contributed by atoms with E-state index in [-0.39, 0.29) is 12.0 Å². The lowest BCUT2D eigenvalue weighted by atomic mass is 9.94. The Bertz CT molecular complexity index is 211. The van der Waals surface area contributed by atoms with E-state index in [1.54, 1.807) is 0 Å². The topological polar surface area (TPSA) is 38.3 Å². The normalized spacial score (nSPS) is 28.5. The zero-order valence-corrected chi connectivity index (χ0v) is 10.6. The molecule has 1 fully saturated rings. The van der Waals surface area contributed by atoms with Gasteiger partial charge in [-0.2, -0.15) is 11.8 Å². The van der Waals surface area contributed by atoms with E-state index in [1.807, 2.05) is 18.7 Å². The number of thioether (sulfide) groups is 1. The van der Waals surface area contributed by atoms with Gasteiger partial charge in [-0.1, -0.05) is 6.42 Å². The lowest BCUT2D eigenvalue weighted by molar-refractivity contribution is -0.142. The molecule has 15 heavy (non-hydrogen) atoms. The maximum absolute atomic E-state index is 11.2. The first-order chi connectivity index (χ1) is 7.17. The van der Waals surface area contributed by atoms with E-state index < -0.39 is 0 Å². The van der Waals surface area contributed by atoms with Gasteiger partial charge in [0, 0.05) is 11.3 Å². The van der Waals surface area contributed by atoms with Gasteiger partial charge in [0.15, 0.2) is 0 Å². The van der Waals surface area contributed by atoms with Gasteiger partial charge in [-0.25, -0.2) is 0 Å². The van der Waals surface area contributed by atoms with Gasteiger partial charge < -0.3 is 10.1 Å². The molecule has 3 unspecified atom stereocenters. The highest BCUT2D eigenvalue weighted by molar-refractivity contribution is 7.99. The first-order valence-corrected chi connectivity index (χ1v) is 6.82. The molecular formula is C11H21NO2S.